The molecule has 2 atom stereocenters. The van der Waals surface area contributed by atoms with Gasteiger partial charge in [0.25, 0.3) is 0 Å². The fourth-order valence-electron chi connectivity index (χ4n) is 2.41. The molecule has 0 aromatic heterocycles. The second-order valence-corrected chi connectivity index (χ2v) is 5.68. The fraction of sp³-hybridized carbons (Fsp3) is 0.571. The first-order valence-corrected chi connectivity index (χ1v) is 7.54. The molecule has 1 N–H and O–H groups in total. The van der Waals surface area contributed by atoms with Gasteiger partial charge in [-0.1, -0.05) is 12.1 Å². The van der Waals surface area contributed by atoms with E-state index in [4.69, 9.17) is 0 Å². The predicted octanol–water partition coefficient (Wildman–Crippen LogP) is 2.76. The minimum atomic E-state index is 0.524. The van der Waals surface area contributed by atoms with Crippen LogP contribution in [0, 0.1) is 0 Å². The van der Waals surface area contributed by atoms with E-state index in [2.05, 4.69) is 54.6 Å². The number of nitrogens with zero attached hydrogens (tertiary/aromatic N) is 1. The molecule has 1 aromatic rings. The van der Waals surface area contributed by atoms with Crippen LogP contribution in [0.15, 0.2) is 29.2 Å². The average molecular weight is 250 g/mol. The Kier molecular flexibility index (Phi) is 4.48. The average Bonchev–Trinajstić information content (AvgIpc) is 2.38. The van der Waals surface area contributed by atoms with Gasteiger partial charge in [-0.25, -0.2) is 0 Å². The molecule has 94 valence electrons. The highest BCUT2D eigenvalue weighted by atomic mass is 32.2. The van der Waals surface area contributed by atoms with Crippen LogP contribution < -0.4 is 5.32 Å². The van der Waals surface area contributed by atoms with Crippen LogP contribution in [-0.4, -0.2) is 36.8 Å². The van der Waals surface area contributed by atoms with Crippen molar-refractivity contribution < 1.29 is 0 Å². The molecule has 2 rings (SSSR count). The van der Waals surface area contributed by atoms with Crippen LogP contribution in [0.5, 0.6) is 0 Å². The lowest BCUT2D eigenvalue weighted by Gasteiger charge is -2.36. The van der Waals surface area contributed by atoms with Crippen molar-refractivity contribution in [3.05, 3.63) is 29.8 Å². The third kappa shape index (κ3) is 3.24. The minimum Gasteiger partial charge on any atom is -0.312 e. The number of thioether (sulfide) groups is 1. The van der Waals surface area contributed by atoms with Crippen LogP contribution in [-0.2, 0) is 0 Å². The molecule has 1 aliphatic rings. The van der Waals surface area contributed by atoms with Gasteiger partial charge in [0.15, 0.2) is 0 Å². The minimum absolute atomic E-state index is 0.524. The van der Waals surface area contributed by atoms with Crippen molar-refractivity contribution >= 4 is 11.8 Å². The zero-order valence-electron chi connectivity index (χ0n) is 10.9. The van der Waals surface area contributed by atoms with Gasteiger partial charge in [-0.05, 0) is 37.8 Å². The number of hydrogen-bond donors (Lipinski definition) is 1. The summed E-state index contributed by atoms with van der Waals surface area (Å²) in [6.07, 6.45) is 2.12. The molecular weight excluding hydrogens is 228 g/mol. The summed E-state index contributed by atoms with van der Waals surface area (Å²) in [4.78, 5) is 3.91. The summed E-state index contributed by atoms with van der Waals surface area (Å²) in [7, 11) is 0. The van der Waals surface area contributed by atoms with Crippen molar-refractivity contribution in [3.63, 3.8) is 0 Å². The second-order valence-electron chi connectivity index (χ2n) is 4.80. The van der Waals surface area contributed by atoms with Gasteiger partial charge < -0.3 is 5.32 Å². The number of rotatable bonds is 3. The Hall–Kier alpha value is -0.510. The molecule has 1 aliphatic heterocycles. The van der Waals surface area contributed by atoms with Crippen LogP contribution in [0.25, 0.3) is 0 Å². The first-order chi connectivity index (χ1) is 8.20. The van der Waals surface area contributed by atoms with Crippen LogP contribution in [0.3, 0.4) is 0 Å². The highest BCUT2D eigenvalue weighted by Crippen LogP contribution is 2.23. The zero-order chi connectivity index (χ0) is 12.3. The SMILES string of the molecule is CSc1ccc(C(C)N2CCNC(C)C2)cc1. The smallest absolute Gasteiger partial charge is 0.0321 e. The Balaban J connectivity index is 2.04. The molecule has 2 unspecified atom stereocenters. The number of hydrogen-bond acceptors (Lipinski definition) is 3. The number of nitrogens with one attached hydrogen (secondary N) is 1. The summed E-state index contributed by atoms with van der Waals surface area (Å²) in [6.45, 7) is 7.97. The molecule has 2 nitrogen and oxygen atoms in total. The maximum atomic E-state index is 3.49. The van der Waals surface area contributed by atoms with Crippen LogP contribution >= 0.6 is 11.8 Å². The Morgan fingerprint density at radius 2 is 2.06 bits per heavy atom. The maximum Gasteiger partial charge on any atom is 0.0321 e. The summed E-state index contributed by atoms with van der Waals surface area (Å²) in [6, 6.07) is 10.1. The summed E-state index contributed by atoms with van der Waals surface area (Å²) in [5.41, 5.74) is 1.43. The van der Waals surface area contributed by atoms with Gasteiger partial charge in [0, 0.05) is 36.6 Å². The van der Waals surface area contributed by atoms with Gasteiger partial charge in [-0.3, -0.25) is 4.90 Å². The standard InChI is InChI=1S/C14H22N2S/c1-11-10-16(9-8-15-11)12(2)13-4-6-14(17-3)7-5-13/h4-7,11-12,15H,8-10H2,1-3H3. The molecule has 0 aliphatic carbocycles. The highest BCUT2D eigenvalue weighted by molar-refractivity contribution is 7.98. The largest absolute Gasteiger partial charge is 0.312 e. The molecule has 0 spiro atoms. The Morgan fingerprint density at radius 1 is 1.35 bits per heavy atom. The lowest BCUT2D eigenvalue weighted by molar-refractivity contribution is 0.158. The molecule has 0 radical (unpaired) electrons. The Bertz CT molecular complexity index is 350. The van der Waals surface area contributed by atoms with Crippen molar-refractivity contribution in [1.82, 2.24) is 10.2 Å². The number of benzene rings is 1. The third-order valence-corrected chi connectivity index (χ3v) is 4.29. The molecular formula is C14H22N2S. The molecule has 0 saturated carbocycles. The van der Waals surface area contributed by atoms with E-state index in [1.807, 2.05) is 0 Å². The highest BCUT2D eigenvalue weighted by Gasteiger charge is 2.21. The van der Waals surface area contributed by atoms with Crippen molar-refractivity contribution in [3.8, 4) is 0 Å². The van der Waals surface area contributed by atoms with Crippen LogP contribution in [0.2, 0.25) is 0 Å². The van der Waals surface area contributed by atoms with Crippen molar-refractivity contribution in [2.45, 2.75) is 30.8 Å². The summed E-state index contributed by atoms with van der Waals surface area (Å²) in [5, 5.41) is 3.49. The van der Waals surface area contributed by atoms with Gasteiger partial charge >= 0.3 is 0 Å². The molecule has 0 amide bonds. The van der Waals surface area contributed by atoms with E-state index in [1.54, 1.807) is 11.8 Å². The summed E-state index contributed by atoms with van der Waals surface area (Å²) >= 11 is 1.80. The summed E-state index contributed by atoms with van der Waals surface area (Å²) in [5.74, 6) is 0. The van der Waals surface area contributed by atoms with Gasteiger partial charge in [-0.15, -0.1) is 11.8 Å². The van der Waals surface area contributed by atoms with E-state index in [9.17, 15) is 0 Å². The quantitative estimate of drug-likeness (QED) is 0.831. The summed E-state index contributed by atoms with van der Waals surface area (Å²) < 4.78 is 0. The van der Waals surface area contributed by atoms with Crippen molar-refractivity contribution in [2.75, 3.05) is 25.9 Å². The topological polar surface area (TPSA) is 15.3 Å². The molecule has 0 bridgehead atoms. The van der Waals surface area contributed by atoms with Crippen molar-refractivity contribution in [1.29, 1.82) is 0 Å². The van der Waals surface area contributed by atoms with E-state index in [-0.39, 0.29) is 0 Å². The molecule has 1 heterocycles. The lowest BCUT2D eigenvalue weighted by atomic mass is 10.1. The Morgan fingerprint density at radius 3 is 2.65 bits per heavy atom. The van der Waals surface area contributed by atoms with Crippen LogP contribution in [0.1, 0.15) is 25.5 Å². The van der Waals surface area contributed by atoms with Crippen molar-refractivity contribution in [2.24, 2.45) is 0 Å². The van der Waals surface area contributed by atoms with Gasteiger partial charge in [-0.2, -0.15) is 0 Å². The molecule has 1 saturated heterocycles. The molecule has 1 fully saturated rings. The van der Waals surface area contributed by atoms with E-state index in [0.717, 1.165) is 19.6 Å². The second kappa shape index (κ2) is 5.89. The molecule has 3 heteroatoms. The lowest BCUT2D eigenvalue weighted by Crippen LogP contribution is -2.49. The third-order valence-electron chi connectivity index (χ3n) is 3.55. The predicted molar refractivity (Wildman–Crippen MR) is 75.7 cm³/mol. The first-order valence-electron chi connectivity index (χ1n) is 6.32. The van der Waals surface area contributed by atoms with Crippen LogP contribution in [0.4, 0.5) is 0 Å². The molecule has 1 aromatic carbocycles. The first kappa shape index (κ1) is 12.9. The van der Waals surface area contributed by atoms with E-state index in [1.165, 1.54) is 10.5 Å². The van der Waals surface area contributed by atoms with Gasteiger partial charge in [0.2, 0.25) is 0 Å². The van der Waals surface area contributed by atoms with E-state index >= 15 is 0 Å². The van der Waals surface area contributed by atoms with E-state index in [0.29, 0.717) is 12.1 Å². The van der Waals surface area contributed by atoms with Gasteiger partial charge in [0.05, 0.1) is 0 Å². The monoisotopic (exact) mass is 250 g/mol. The normalized spacial score (nSPS) is 23.6. The fourth-order valence-corrected chi connectivity index (χ4v) is 2.82. The Labute approximate surface area is 109 Å². The number of piperazine rings is 1. The zero-order valence-corrected chi connectivity index (χ0v) is 11.8. The van der Waals surface area contributed by atoms with Gasteiger partial charge in [0.1, 0.15) is 0 Å². The maximum absolute atomic E-state index is 3.49. The molecule has 17 heavy (non-hydrogen) atoms. The van der Waals surface area contributed by atoms with E-state index < -0.39 is 0 Å².